The molecule has 2 N–H and O–H groups in total. The summed E-state index contributed by atoms with van der Waals surface area (Å²) in [5, 5.41) is 6.33. The number of hydrogen-bond acceptors (Lipinski definition) is 2. The summed E-state index contributed by atoms with van der Waals surface area (Å²) in [7, 11) is 0. The first kappa shape index (κ1) is 12.7. The molecular weight excluding hydrogens is 248 g/mol. The predicted molar refractivity (Wildman–Crippen MR) is 82.4 cm³/mol. The van der Waals surface area contributed by atoms with E-state index in [0.29, 0.717) is 5.56 Å². The van der Waals surface area contributed by atoms with Crippen molar-refractivity contribution < 1.29 is 4.79 Å². The summed E-state index contributed by atoms with van der Waals surface area (Å²) in [6, 6.07) is 13.7. The minimum atomic E-state index is -0.0653. The topological polar surface area (TPSA) is 41.1 Å². The van der Waals surface area contributed by atoms with Gasteiger partial charge in [-0.1, -0.05) is 23.8 Å². The molecule has 0 atom stereocenters. The van der Waals surface area contributed by atoms with Gasteiger partial charge in [-0.25, -0.2) is 0 Å². The molecule has 0 aliphatic carbocycles. The van der Waals surface area contributed by atoms with Crippen molar-refractivity contribution in [3.05, 3.63) is 59.2 Å². The summed E-state index contributed by atoms with van der Waals surface area (Å²) in [6.07, 6.45) is 2.27. The van der Waals surface area contributed by atoms with Crippen LogP contribution in [0.1, 0.15) is 27.9 Å². The second-order valence-electron chi connectivity index (χ2n) is 5.23. The first-order valence-electron chi connectivity index (χ1n) is 6.97. The van der Waals surface area contributed by atoms with Crippen molar-refractivity contribution in [3.63, 3.8) is 0 Å². The monoisotopic (exact) mass is 266 g/mol. The Labute approximate surface area is 119 Å². The Morgan fingerprint density at radius 3 is 2.95 bits per heavy atom. The zero-order valence-corrected chi connectivity index (χ0v) is 11.6. The number of carbonyl (C=O) groups excluding carboxylic acids is 1. The molecule has 1 amide bonds. The van der Waals surface area contributed by atoms with Crippen molar-refractivity contribution in [2.75, 3.05) is 17.2 Å². The largest absolute Gasteiger partial charge is 0.385 e. The lowest BCUT2D eigenvalue weighted by Crippen LogP contribution is -2.14. The highest BCUT2D eigenvalue weighted by atomic mass is 16.1. The van der Waals surface area contributed by atoms with E-state index in [2.05, 4.69) is 16.7 Å². The van der Waals surface area contributed by atoms with E-state index in [9.17, 15) is 4.79 Å². The maximum absolute atomic E-state index is 12.2. The zero-order valence-electron chi connectivity index (χ0n) is 11.6. The molecule has 2 aromatic carbocycles. The van der Waals surface area contributed by atoms with Gasteiger partial charge in [0, 0.05) is 23.5 Å². The van der Waals surface area contributed by atoms with Gasteiger partial charge in [-0.05, 0) is 49.6 Å². The van der Waals surface area contributed by atoms with Gasteiger partial charge in [0.25, 0.3) is 5.91 Å². The Bertz CT molecular complexity index is 649. The highest BCUT2D eigenvalue weighted by Crippen LogP contribution is 2.25. The number of fused-ring (bicyclic) bond motifs is 1. The standard InChI is InChI=1S/C17H18N2O/c1-12-4-2-5-14(10-12)17(20)19-15-8-7-13-6-3-9-18-16(13)11-15/h2,4-5,7-8,10-11,18H,3,6,9H2,1H3,(H,19,20). The highest BCUT2D eigenvalue weighted by Gasteiger charge is 2.11. The molecule has 3 nitrogen and oxygen atoms in total. The van der Waals surface area contributed by atoms with Crippen LogP contribution in [0.4, 0.5) is 11.4 Å². The lowest BCUT2D eigenvalue weighted by molar-refractivity contribution is 0.102. The molecular formula is C17H18N2O. The summed E-state index contributed by atoms with van der Waals surface area (Å²) in [4.78, 5) is 12.2. The van der Waals surface area contributed by atoms with Crippen LogP contribution >= 0.6 is 0 Å². The Morgan fingerprint density at radius 1 is 1.20 bits per heavy atom. The smallest absolute Gasteiger partial charge is 0.255 e. The van der Waals surface area contributed by atoms with Crippen LogP contribution in [0.5, 0.6) is 0 Å². The van der Waals surface area contributed by atoms with E-state index < -0.39 is 0 Å². The molecule has 0 spiro atoms. The Hall–Kier alpha value is -2.29. The van der Waals surface area contributed by atoms with E-state index >= 15 is 0 Å². The predicted octanol–water partition coefficient (Wildman–Crippen LogP) is 3.61. The third kappa shape index (κ3) is 2.67. The van der Waals surface area contributed by atoms with E-state index in [1.54, 1.807) is 0 Å². The summed E-state index contributed by atoms with van der Waals surface area (Å²) in [5.41, 5.74) is 5.08. The minimum Gasteiger partial charge on any atom is -0.385 e. The van der Waals surface area contributed by atoms with Crippen molar-refractivity contribution in [3.8, 4) is 0 Å². The normalized spacial score (nSPS) is 13.2. The van der Waals surface area contributed by atoms with E-state index in [0.717, 1.165) is 29.9 Å². The van der Waals surface area contributed by atoms with Gasteiger partial charge in [0.15, 0.2) is 0 Å². The Balaban J connectivity index is 1.79. The van der Waals surface area contributed by atoms with Crippen molar-refractivity contribution in [2.24, 2.45) is 0 Å². The number of nitrogens with one attached hydrogen (secondary N) is 2. The maximum Gasteiger partial charge on any atom is 0.255 e. The quantitative estimate of drug-likeness (QED) is 0.872. The molecule has 0 aromatic heterocycles. The van der Waals surface area contributed by atoms with Crippen LogP contribution in [0.25, 0.3) is 0 Å². The fraction of sp³-hybridized carbons (Fsp3) is 0.235. The molecule has 102 valence electrons. The number of rotatable bonds is 2. The van der Waals surface area contributed by atoms with E-state index in [1.807, 2.05) is 43.3 Å². The van der Waals surface area contributed by atoms with Crippen molar-refractivity contribution in [2.45, 2.75) is 19.8 Å². The van der Waals surface area contributed by atoms with E-state index in [4.69, 9.17) is 0 Å². The number of aryl methyl sites for hydroxylation is 2. The fourth-order valence-corrected chi connectivity index (χ4v) is 2.53. The summed E-state index contributed by atoms with van der Waals surface area (Å²) in [5.74, 6) is -0.0653. The molecule has 0 radical (unpaired) electrons. The minimum absolute atomic E-state index is 0.0653. The molecule has 1 aliphatic heterocycles. The van der Waals surface area contributed by atoms with Gasteiger partial charge in [0.05, 0.1) is 0 Å². The van der Waals surface area contributed by atoms with Gasteiger partial charge >= 0.3 is 0 Å². The molecule has 20 heavy (non-hydrogen) atoms. The third-order valence-electron chi connectivity index (χ3n) is 3.59. The van der Waals surface area contributed by atoms with Gasteiger partial charge in [-0.3, -0.25) is 4.79 Å². The van der Waals surface area contributed by atoms with Crippen LogP contribution in [-0.4, -0.2) is 12.5 Å². The number of hydrogen-bond donors (Lipinski definition) is 2. The van der Waals surface area contributed by atoms with Gasteiger partial charge in [-0.2, -0.15) is 0 Å². The van der Waals surface area contributed by atoms with E-state index in [-0.39, 0.29) is 5.91 Å². The summed E-state index contributed by atoms with van der Waals surface area (Å²) < 4.78 is 0. The lowest BCUT2D eigenvalue weighted by Gasteiger charge is -2.18. The Morgan fingerprint density at radius 2 is 2.10 bits per heavy atom. The van der Waals surface area contributed by atoms with Crippen LogP contribution < -0.4 is 10.6 Å². The molecule has 0 bridgehead atoms. The van der Waals surface area contributed by atoms with Gasteiger partial charge in [-0.15, -0.1) is 0 Å². The molecule has 3 rings (SSSR count). The molecule has 0 saturated heterocycles. The molecule has 1 heterocycles. The van der Waals surface area contributed by atoms with Crippen molar-refractivity contribution in [1.29, 1.82) is 0 Å². The molecule has 3 heteroatoms. The van der Waals surface area contributed by atoms with Gasteiger partial charge in [0.1, 0.15) is 0 Å². The van der Waals surface area contributed by atoms with Crippen LogP contribution in [0.3, 0.4) is 0 Å². The Kier molecular flexibility index (Phi) is 3.42. The number of amides is 1. The average molecular weight is 266 g/mol. The van der Waals surface area contributed by atoms with Gasteiger partial charge in [0.2, 0.25) is 0 Å². The first-order valence-corrected chi connectivity index (χ1v) is 6.97. The maximum atomic E-state index is 12.2. The average Bonchev–Trinajstić information content (AvgIpc) is 2.47. The SMILES string of the molecule is Cc1cccc(C(=O)Nc2ccc3c(c2)NCCC3)c1. The van der Waals surface area contributed by atoms with E-state index in [1.165, 1.54) is 12.0 Å². The summed E-state index contributed by atoms with van der Waals surface area (Å²) in [6.45, 7) is 2.99. The van der Waals surface area contributed by atoms with Crippen LogP contribution in [0.2, 0.25) is 0 Å². The highest BCUT2D eigenvalue weighted by molar-refractivity contribution is 6.04. The number of carbonyl (C=O) groups is 1. The first-order chi connectivity index (χ1) is 9.72. The second-order valence-corrected chi connectivity index (χ2v) is 5.23. The summed E-state index contributed by atoms with van der Waals surface area (Å²) >= 11 is 0. The molecule has 0 saturated carbocycles. The second kappa shape index (κ2) is 5.37. The fourth-order valence-electron chi connectivity index (χ4n) is 2.53. The van der Waals surface area contributed by atoms with Crippen LogP contribution in [0.15, 0.2) is 42.5 Å². The number of benzene rings is 2. The zero-order chi connectivity index (χ0) is 13.9. The molecule has 2 aromatic rings. The van der Waals surface area contributed by atoms with Crippen LogP contribution in [0, 0.1) is 6.92 Å². The van der Waals surface area contributed by atoms with Crippen molar-refractivity contribution >= 4 is 17.3 Å². The van der Waals surface area contributed by atoms with Crippen LogP contribution in [-0.2, 0) is 6.42 Å². The molecule has 0 fully saturated rings. The number of anilines is 2. The molecule has 0 unspecified atom stereocenters. The molecule has 1 aliphatic rings. The van der Waals surface area contributed by atoms with Crippen molar-refractivity contribution in [1.82, 2.24) is 0 Å². The van der Waals surface area contributed by atoms with Gasteiger partial charge < -0.3 is 10.6 Å². The lowest BCUT2D eigenvalue weighted by atomic mass is 10.0. The third-order valence-corrected chi connectivity index (χ3v) is 3.59.